The Hall–Kier alpha value is -2.42. The lowest BCUT2D eigenvalue weighted by Crippen LogP contribution is -1.98. The van der Waals surface area contributed by atoms with Crippen molar-refractivity contribution in [2.45, 2.75) is 19.8 Å². The molecule has 1 heterocycles. The molecule has 0 unspecified atom stereocenters. The van der Waals surface area contributed by atoms with E-state index in [1.54, 1.807) is 0 Å². The van der Waals surface area contributed by atoms with Crippen molar-refractivity contribution in [2.75, 3.05) is 13.4 Å². The van der Waals surface area contributed by atoms with Gasteiger partial charge in [0.05, 0.1) is 6.61 Å². The highest BCUT2D eigenvalue weighted by Crippen LogP contribution is 2.38. The number of allylic oxidation sites excluding steroid dienone is 1. The van der Waals surface area contributed by atoms with Gasteiger partial charge in [-0.3, -0.25) is 0 Å². The summed E-state index contributed by atoms with van der Waals surface area (Å²) in [5.41, 5.74) is 2.31. The van der Waals surface area contributed by atoms with Crippen LogP contribution in [0.5, 0.6) is 17.2 Å². The highest BCUT2D eigenvalue weighted by molar-refractivity contribution is 5.54. The van der Waals surface area contributed by atoms with E-state index in [4.69, 9.17) is 14.2 Å². The summed E-state index contributed by atoms with van der Waals surface area (Å²) in [6, 6.07) is 14.2. The van der Waals surface area contributed by atoms with Crippen molar-refractivity contribution >= 4 is 6.08 Å². The average Bonchev–Trinajstić information content (AvgIpc) is 3.01. The van der Waals surface area contributed by atoms with Gasteiger partial charge in [0.25, 0.3) is 0 Å². The normalized spacial score (nSPS) is 12.8. The molecular formula is C19H20O3. The first-order chi connectivity index (χ1) is 10.9. The van der Waals surface area contributed by atoms with Crippen LogP contribution in [0.1, 0.15) is 24.5 Å². The minimum Gasteiger partial charge on any atom is -0.493 e. The predicted molar refractivity (Wildman–Crippen MR) is 87.5 cm³/mol. The number of hydrogen-bond acceptors (Lipinski definition) is 3. The maximum atomic E-state index is 5.84. The maximum absolute atomic E-state index is 5.84. The Bertz CT molecular complexity index is 647. The minimum atomic E-state index is 0.284. The summed E-state index contributed by atoms with van der Waals surface area (Å²) in [5.74, 6) is 2.44. The fraction of sp³-hybridized carbons (Fsp3) is 0.263. The number of hydrogen-bond donors (Lipinski definition) is 0. The predicted octanol–water partition coefficient (Wildman–Crippen LogP) is 4.46. The van der Waals surface area contributed by atoms with E-state index in [-0.39, 0.29) is 6.79 Å². The molecule has 0 radical (unpaired) electrons. The van der Waals surface area contributed by atoms with Gasteiger partial charge < -0.3 is 14.2 Å². The van der Waals surface area contributed by atoms with E-state index in [0.29, 0.717) is 6.61 Å². The zero-order valence-corrected chi connectivity index (χ0v) is 12.7. The van der Waals surface area contributed by atoms with Gasteiger partial charge in [-0.05, 0) is 24.5 Å². The van der Waals surface area contributed by atoms with Crippen LogP contribution in [-0.2, 0) is 6.42 Å². The van der Waals surface area contributed by atoms with Crippen LogP contribution in [-0.4, -0.2) is 13.4 Å². The van der Waals surface area contributed by atoms with Gasteiger partial charge in [0.15, 0.2) is 11.5 Å². The van der Waals surface area contributed by atoms with Gasteiger partial charge in [0.1, 0.15) is 5.75 Å². The van der Waals surface area contributed by atoms with Crippen molar-refractivity contribution < 1.29 is 14.2 Å². The van der Waals surface area contributed by atoms with Crippen LogP contribution >= 0.6 is 0 Å². The fourth-order valence-electron chi connectivity index (χ4n) is 2.36. The van der Waals surface area contributed by atoms with E-state index in [9.17, 15) is 0 Å². The van der Waals surface area contributed by atoms with Gasteiger partial charge in [0, 0.05) is 11.6 Å². The van der Waals surface area contributed by atoms with E-state index >= 15 is 0 Å². The average molecular weight is 296 g/mol. The summed E-state index contributed by atoms with van der Waals surface area (Å²) in [4.78, 5) is 0. The van der Waals surface area contributed by atoms with E-state index in [1.165, 1.54) is 5.56 Å². The van der Waals surface area contributed by atoms with Crippen LogP contribution < -0.4 is 14.2 Å². The zero-order chi connectivity index (χ0) is 15.2. The molecule has 3 nitrogen and oxygen atoms in total. The first-order valence-electron chi connectivity index (χ1n) is 7.63. The third-order valence-corrected chi connectivity index (χ3v) is 3.47. The van der Waals surface area contributed by atoms with E-state index in [2.05, 4.69) is 31.2 Å². The third-order valence-electron chi connectivity index (χ3n) is 3.47. The molecule has 0 aliphatic carbocycles. The minimum absolute atomic E-state index is 0.284. The summed E-state index contributed by atoms with van der Waals surface area (Å²) in [7, 11) is 0. The second-order valence-corrected chi connectivity index (χ2v) is 5.18. The van der Waals surface area contributed by atoms with Gasteiger partial charge in [0.2, 0.25) is 6.79 Å². The molecule has 1 aliphatic heterocycles. The van der Waals surface area contributed by atoms with Crippen molar-refractivity contribution in [2.24, 2.45) is 0 Å². The van der Waals surface area contributed by atoms with Crippen LogP contribution in [0.3, 0.4) is 0 Å². The number of ether oxygens (including phenoxy) is 3. The molecule has 0 fully saturated rings. The molecule has 0 N–H and O–H groups in total. The SMILES string of the molecule is CCCOc1cc2c(cc1CC=Cc1ccccc1)OCO2. The van der Waals surface area contributed by atoms with Gasteiger partial charge in [-0.15, -0.1) is 0 Å². The highest BCUT2D eigenvalue weighted by atomic mass is 16.7. The van der Waals surface area contributed by atoms with Crippen LogP contribution in [0.15, 0.2) is 48.5 Å². The first kappa shape index (κ1) is 14.5. The molecule has 3 heteroatoms. The molecule has 114 valence electrons. The molecule has 22 heavy (non-hydrogen) atoms. The smallest absolute Gasteiger partial charge is 0.231 e. The topological polar surface area (TPSA) is 27.7 Å². The second kappa shape index (κ2) is 7.03. The van der Waals surface area contributed by atoms with E-state index in [1.807, 2.05) is 30.3 Å². The van der Waals surface area contributed by atoms with Gasteiger partial charge in [-0.1, -0.05) is 49.4 Å². The lowest BCUT2D eigenvalue weighted by molar-refractivity contribution is 0.173. The Labute approximate surface area is 131 Å². The standard InChI is InChI=1S/C19H20O3/c1-2-11-20-17-13-19-18(21-14-22-19)12-16(17)10-6-9-15-7-4-3-5-8-15/h3-9,12-13H,2,10-11,14H2,1H3. The zero-order valence-electron chi connectivity index (χ0n) is 12.7. The van der Waals surface area contributed by atoms with Crippen LogP contribution in [0.4, 0.5) is 0 Å². The molecule has 1 aliphatic rings. The Morgan fingerprint density at radius 3 is 2.64 bits per heavy atom. The quantitative estimate of drug-likeness (QED) is 0.787. The Morgan fingerprint density at radius 1 is 1.09 bits per heavy atom. The third kappa shape index (κ3) is 3.42. The van der Waals surface area contributed by atoms with Crippen LogP contribution in [0.25, 0.3) is 6.08 Å². The highest BCUT2D eigenvalue weighted by Gasteiger charge is 2.17. The lowest BCUT2D eigenvalue weighted by Gasteiger charge is -2.11. The largest absolute Gasteiger partial charge is 0.493 e. The summed E-state index contributed by atoms with van der Waals surface area (Å²) in [6.07, 6.45) is 6.04. The molecule has 2 aromatic rings. The summed E-state index contributed by atoms with van der Waals surface area (Å²) in [6.45, 7) is 3.09. The molecule has 3 rings (SSSR count). The summed E-state index contributed by atoms with van der Waals surface area (Å²) in [5, 5.41) is 0. The van der Waals surface area contributed by atoms with Crippen LogP contribution in [0, 0.1) is 0 Å². The molecule has 2 aromatic carbocycles. The van der Waals surface area contributed by atoms with E-state index < -0.39 is 0 Å². The van der Waals surface area contributed by atoms with Gasteiger partial charge in [-0.25, -0.2) is 0 Å². The lowest BCUT2D eigenvalue weighted by atomic mass is 10.1. The van der Waals surface area contributed by atoms with E-state index in [0.717, 1.165) is 35.7 Å². The summed E-state index contributed by atoms with van der Waals surface area (Å²) < 4.78 is 16.7. The Morgan fingerprint density at radius 2 is 1.86 bits per heavy atom. The van der Waals surface area contributed by atoms with Crippen molar-refractivity contribution in [3.63, 3.8) is 0 Å². The number of fused-ring (bicyclic) bond motifs is 1. The first-order valence-corrected chi connectivity index (χ1v) is 7.63. The van der Waals surface area contributed by atoms with Crippen molar-refractivity contribution in [3.05, 3.63) is 59.7 Å². The monoisotopic (exact) mass is 296 g/mol. The molecule has 0 saturated heterocycles. The molecule has 0 bridgehead atoms. The Balaban J connectivity index is 1.77. The van der Waals surface area contributed by atoms with Crippen molar-refractivity contribution in [1.29, 1.82) is 0 Å². The van der Waals surface area contributed by atoms with Crippen LogP contribution in [0.2, 0.25) is 0 Å². The Kier molecular flexibility index (Phi) is 4.64. The summed E-state index contributed by atoms with van der Waals surface area (Å²) >= 11 is 0. The fourth-order valence-corrected chi connectivity index (χ4v) is 2.36. The number of rotatable bonds is 6. The van der Waals surface area contributed by atoms with Gasteiger partial charge >= 0.3 is 0 Å². The molecule has 0 amide bonds. The molecule has 0 saturated carbocycles. The molecular weight excluding hydrogens is 276 g/mol. The molecule has 0 aromatic heterocycles. The van der Waals surface area contributed by atoms with Gasteiger partial charge in [-0.2, -0.15) is 0 Å². The maximum Gasteiger partial charge on any atom is 0.231 e. The van der Waals surface area contributed by atoms with Crippen molar-refractivity contribution in [3.8, 4) is 17.2 Å². The number of benzene rings is 2. The van der Waals surface area contributed by atoms with Crippen molar-refractivity contribution in [1.82, 2.24) is 0 Å². The molecule has 0 atom stereocenters. The second-order valence-electron chi connectivity index (χ2n) is 5.18. The molecule has 0 spiro atoms.